The number of anilines is 3. The molecule has 35 heavy (non-hydrogen) atoms. The van der Waals surface area contributed by atoms with Crippen LogP contribution in [0.4, 0.5) is 22.1 Å². The SMILES string of the molecule is COc1ccc(COC(=O)Nc2ccc(C)c(Nc3nccc(-c4cccnc4)n3)c2)c(OC)c1. The fourth-order valence-electron chi connectivity index (χ4n) is 3.32. The van der Waals surface area contributed by atoms with Gasteiger partial charge in [-0.05, 0) is 55.0 Å². The molecular weight excluding hydrogens is 446 g/mol. The lowest BCUT2D eigenvalue weighted by Gasteiger charge is -2.13. The Morgan fingerprint density at radius 2 is 1.89 bits per heavy atom. The smallest absolute Gasteiger partial charge is 0.411 e. The van der Waals surface area contributed by atoms with E-state index in [1.165, 1.54) is 0 Å². The number of pyridine rings is 1. The van der Waals surface area contributed by atoms with Gasteiger partial charge in [0.05, 0.1) is 19.9 Å². The summed E-state index contributed by atoms with van der Waals surface area (Å²) in [6.07, 6.45) is 4.55. The third-order valence-electron chi connectivity index (χ3n) is 5.20. The highest BCUT2D eigenvalue weighted by molar-refractivity contribution is 5.86. The molecule has 1 amide bonds. The molecule has 2 aromatic carbocycles. The molecule has 2 aromatic heterocycles. The number of hydrogen-bond donors (Lipinski definition) is 2. The van der Waals surface area contributed by atoms with Crippen LogP contribution in [-0.2, 0) is 11.3 Å². The maximum absolute atomic E-state index is 12.4. The summed E-state index contributed by atoms with van der Waals surface area (Å²) in [6, 6.07) is 16.4. The normalized spacial score (nSPS) is 10.4. The highest BCUT2D eigenvalue weighted by atomic mass is 16.5. The van der Waals surface area contributed by atoms with Crippen LogP contribution in [0.3, 0.4) is 0 Å². The molecule has 4 aromatic rings. The van der Waals surface area contributed by atoms with Gasteiger partial charge in [0.25, 0.3) is 0 Å². The van der Waals surface area contributed by atoms with Gasteiger partial charge in [-0.2, -0.15) is 0 Å². The van der Waals surface area contributed by atoms with Crippen molar-refractivity contribution in [1.82, 2.24) is 15.0 Å². The summed E-state index contributed by atoms with van der Waals surface area (Å²) in [5.74, 6) is 1.66. The van der Waals surface area contributed by atoms with E-state index >= 15 is 0 Å². The molecule has 0 radical (unpaired) electrons. The number of hydrogen-bond acceptors (Lipinski definition) is 8. The first-order valence-electron chi connectivity index (χ1n) is 10.8. The summed E-state index contributed by atoms with van der Waals surface area (Å²) in [5, 5.41) is 5.96. The monoisotopic (exact) mass is 471 g/mol. The molecule has 0 aliphatic carbocycles. The van der Waals surface area contributed by atoms with Crippen molar-refractivity contribution in [3.63, 3.8) is 0 Å². The molecule has 0 fully saturated rings. The third-order valence-corrected chi connectivity index (χ3v) is 5.20. The zero-order chi connectivity index (χ0) is 24.6. The average molecular weight is 472 g/mol. The molecule has 178 valence electrons. The van der Waals surface area contributed by atoms with Crippen LogP contribution in [0.15, 0.2) is 73.2 Å². The number of aromatic nitrogens is 3. The highest BCUT2D eigenvalue weighted by Gasteiger charge is 2.11. The van der Waals surface area contributed by atoms with Gasteiger partial charge in [0.1, 0.15) is 18.1 Å². The number of nitrogens with one attached hydrogen (secondary N) is 2. The average Bonchev–Trinajstić information content (AvgIpc) is 2.90. The van der Waals surface area contributed by atoms with Crippen molar-refractivity contribution in [2.24, 2.45) is 0 Å². The van der Waals surface area contributed by atoms with Crippen LogP contribution in [-0.4, -0.2) is 35.3 Å². The second-order valence-corrected chi connectivity index (χ2v) is 7.54. The van der Waals surface area contributed by atoms with Crippen molar-refractivity contribution in [3.8, 4) is 22.8 Å². The largest absolute Gasteiger partial charge is 0.497 e. The molecule has 0 unspecified atom stereocenters. The maximum atomic E-state index is 12.4. The number of carbonyl (C=O) groups excluding carboxylic acids is 1. The maximum Gasteiger partial charge on any atom is 0.411 e. The van der Waals surface area contributed by atoms with E-state index in [9.17, 15) is 4.79 Å². The van der Waals surface area contributed by atoms with Crippen LogP contribution >= 0.6 is 0 Å². The number of carbonyl (C=O) groups is 1. The van der Waals surface area contributed by atoms with E-state index in [1.807, 2.05) is 31.2 Å². The van der Waals surface area contributed by atoms with Crippen molar-refractivity contribution in [3.05, 3.63) is 84.3 Å². The molecule has 0 saturated carbocycles. The zero-order valence-electron chi connectivity index (χ0n) is 19.6. The number of nitrogens with zero attached hydrogens (tertiary/aromatic N) is 3. The first kappa shape index (κ1) is 23.5. The molecule has 9 heteroatoms. The zero-order valence-corrected chi connectivity index (χ0v) is 19.6. The van der Waals surface area contributed by atoms with Crippen molar-refractivity contribution < 1.29 is 19.0 Å². The van der Waals surface area contributed by atoms with Gasteiger partial charge in [-0.1, -0.05) is 6.07 Å². The standard InChI is InChI=1S/C26H25N5O4/c1-17-6-8-20(29-26(32)35-16-19-7-9-21(33-2)14-24(19)34-3)13-23(17)31-25-28-12-10-22(30-25)18-5-4-11-27-15-18/h4-15H,16H2,1-3H3,(H,29,32)(H,28,30,31). The van der Waals surface area contributed by atoms with E-state index in [1.54, 1.807) is 63.1 Å². The molecule has 2 N–H and O–H groups in total. The Morgan fingerprint density at radius 3 is 2.66 bits per heavy atom. The van der Waals surface area contributed by atoms with Gasteiger partial charge in [-0.25, -0.2) is 14.8 Å². The minimum absolute atomic E-state index is 0.0466. The molecule has 0 atom stereocenters. The van der Waals surface area contributed by atoms with E-state index < -0.39 is 6.09 Å². The van der Waals surface area contributed by atoms with E-state index in [-0.39, 0.29) is 6.61 Å². The lowest BCUT2D eigenvalue weighted by Crippen LogP contribution is -2.14. The fourth-order valence-corrected chi connectivity index (χ4v) is 3.32. The highest BCUT2D eigenvalue weighted by Crippen LogP contribution is 2.26. The van der Waals surface area contributed by atoms with E-state index in [0.717, 1.165) is 28.1 Å². The number of aryl methyl sites for hydroxylation is 1. The second-order valence-electron chi connectivity index (χ2n) is 7.54. The van der Waals surface area contributed by atoms with Crippen LogP contribution < -0.4 is 20.1 Å². The summed E-state index contributed by atoms with van der Waals surface area (Å²) in [4.78, 5) is 25.4. The van der Waals surface area contributed by atoms with Gasteiger partial charge in [0, 0.05) is 47.2 Å². The second kappa shape index (κ2) is 11.0. The lowest BCUT2D eigenvalue weighted by molar-refractivity contribution is 0.154. The van der Waals surface area contributed by atoms with Gasteiger partial charge in [0.2, 0.25) is 5.95 Å². The number of amides is 1. The number of ether oxygens (including phenoxy) is 3. The summed E-state index contributed by atoms with van der Waals surface area (Å²) < 4.78 is 15.9. The van der Waals surface area contributed by atoms with Crippen LogP contribution in [0.5, 0.6) is 11.5 Å². The first-order valence-corrected chi connectivity index (χ1v) is 10.8. The van der Waals surface area contributed by atoms with Crippen LogP contribution in [0, 0.1) is 6.92 Å². The van der Waals surface area contributed by atoms with Crippen LogP contribution in [0.2, 0.25) is 0 Å². The first-order chi connectivity index (χ1) is 17.1. The Morgan fingerprint density at radius 1 is 1.00 bits per heavy atom. The molecule has 0 aliphatic rings. The van der Waals surface area contributed by atoms with Gasteiger partial charge in [-0.15, -0.1) is 0 Å². The van der Waals surface area contributed by atoms with E-state index in [0.29, 0.717) is 23.1 Å². The minimum Gasteiger partial charge on any atom is -0.497 e. The molecule has 0 bridgehead atoms. The van der Waals surface area contributed by atoms with Crippen molar-refractivity contribution in [2.45, 2.75) is 13.5 Å². The summed E-state index contributed by atoms with van der Waals surface area (Å²) in [7, 11) is 3.13. The molecule has 4 rings (SSSR count). The molecule has 2 heterocycles. The van der Waals surface area contributed by atoms with Gasteiger partial charge in [0.15, 0.2) is 0 Å². The van der Waals surface area contributed by atoms with Gasteiger partial charge >= 0.3 is 6.09 Å². The number of methoxy groups -OCH3 is 2. The summed E-state index contributed by atoms with van der Waals surface area (Å²) >= 11 is 0. The molecule has 0 spiro atoms. The van der Waals surface area contributed by atoms with Crippen LogP contribution in [0.1, 0.15) is 11.1 Å². The molecule has 9 nitrogen and oxygen atoms in total. The third kappa shape index (κ3) is 6.02. The number of benzene rings is 2. The number of rotatable bonds is 8. The predicted molar refractivity (Wildman–Crippen MR) is 133 cm³/mol. The minimum atomic E-state index is -0.590. The lowest BCUT2D eigenvalue weighted by atomic mass is 10.2. The Labute approximate surface area is 203 Å². The molecule has 0 saturated heterocycles. The predicted octanol–water partition coefficient (Wildman–Crippen LogP) is 5.36. The Bertz CT molecular complexity index is 1310. The Kier molecular flexibility index (Phi) is 7.37. The molecular formula is C26H25N5O4. The van der Waals surface area contributed by atoms with Crippen molar-refractivity contribution >= 4 is 23.4 Å². The topological polar surface area (TPSA) is 107 Å². The Hall–Kier alpha value is -4.66. The van der Waals surface area contributed by atoms with Crippen molar-refractivity contribution in [1.29, 1.82) is 0 Å². The Balaban J connectivity index is 1.42. The van der Waals surface area contributed by atoms with Crippen LogP contribution in [0.25, 0.3) is 11.3 Å². The van der Waals surface area contributed by atoms with Crippen molar-refractivity contribution in [2.75, 3.05) is 24.9 Å². The van der Waals surface area contributed by atoms with E-state index in [4.69, 9.17) is 14.2 Å². The molecule has 0 aliphatic heterocycles. The summed E-state index contributed by atoms with van der Waals surface area (Å²) in [5.41, 5.74) is 4.64. The van der Waals surface area contributed by atoms with E-state index in [2.05, 4.69) is 25.6 Å². The quantitative estimate of drug-likeness (QED) is 0.354. The summed E-state index contributed by atoms with van der Waals surface area (Å²) in [6.45, 7) is 2.00. The fraction of sp³-hybridized carbons (Fsp3) is 0.154. The van der Waals surface area contributed by atoms with Gasteiger partial charge in [-0.3, -0.25) is 10.3 Å². The van der Waals surface area contributed by atoms with Gasteiger partial charge < -0.3 is 19.5 Å².